The molecule has 1 aromatic carbocycles. The van der Waals surface area contributed by atoms with Crippen LogP contribution in [0, 0.1) is 0 Å². The summed E-state index contributed by atoms with van der Waals surface area (Å²) < 4.78 is 5.91. The van der Waals surface area contributed by atoms with Gasteiger partial charge in [0.15, 0.2) is 10.4 Å². The zero-order valence-corrected chi connectivity index (χ0v) is 11.8. The van der Waals surface area contributed by atoms with E-state index in [2.05, 4.69) is 15.9 Å². The third-order valence-electron chi connectivity index (χ3n) is 2.76. The van der Waals surface area contributed by atoms with Crippen LogP contribution in [0.5, 0.6) is 0 Å². The van der Waals surface area contributed by atoms with Gasteiger partial charge in [-0.1, -0.05) is 12.1 Å². The predicted molar refractivity (Wildman–Crippen MR) is 75.3 cm³/mol. The van der Waals surface area contributed by atoms with E-state index in [4.69, 9.17) is 4.42 Å². The summed E-state index contributed by atoms with van der Waals surface area (Å²) in [6.45, 7) is 0.707. The van der Waals surface area contributed by atoms with Gasteiger partial charge in [-0.05, 0) is 40.2 Å². The molecule has 0 N–H and O–H groups in total. The van der Waals surface area contributed by atoms with E-state index in [1.54, 1.807) is 28.8 Å². The van der Waals surface area contributed by atoms with Crippen molar-refractivity contribution in [1.29, 1.82) is 0 Å². The van der Waals surface area contributed by atoms with E-state index >= 15 is 0 Å². The van der Waals surface area contributed by atoms with Gasteiger partial charge in [0.25, 0.3) is 5.91 Å². The molecule has 1 aliphatic heterocycles. The second kappa shape index (κ2) is 4.82. The fourth-order valence-corrected chi connectivity index (χ4v) is 3.24. The molecule has 1 amide bonds. The van der Waals surface area contributed by atoms with Crippen molar-refractivity contribution in [3.63, 3.8) is 0 Å². The zero-order valence-electron chi connectivity index (χ0n) is 9.43. The Labute approximate surface area is 117 Å². The molecule has 0 aliphatic carbocycles. The minimum atomic E-state index is -0.0894. The van der Waals surface area contributed by atoms with E-state index in [1.807, 2.05) is 24.3 Å². The van der Waals surface area contributed by atoms with Crippen LogP contribution >= 0.6 is 27.7 Å². The highest BCUT2D eigenvalue weighted by Crippen LogP contribution is 2.35. The molecule has 0 bridgehead atoms. The van der Waals surface area contributed by atoms with Crippen LogP contribution in [0.2, 0.25) is 0 Å². The summed E-state index contributed by atoms with van der Waals surface area (Å²) in [4.78, 5) is 15.3. The molecule has 0 saturated carbocycles. The standard InChI is InChI=1S/C13H10BrNO2S/c14-12-6-5-10(17-12)13(16)15-7-8-18-11-4-2-1-3-9(11)15/h1-6H,7-8H2. The molecule has 1 aliphatic rings. The number of anilines is 1. The Balaban J connectivity index is 1.96. The summed E-state index contributed by atoms with van der Waals surface area (Å²) in [6.07, 6.45) is 0. The van der Waals surface area contributed by atoms with Gasteiger partial charge < -0.3 is 9.32 Å². The molecule has 0 spiro atoms. The molecule has 2 heterocycles. The molecule has 18 heavy (non-hydrogen) atoms. The summed E-state index contributed by atoms with van der Waals surface area (Å²) in [5, 5.41) is 0. The smallest absolute Gasteiger partial charge is 0.294 e. The van der Waals surface area contributed by atoms with Crippen LogP contribution < -0.4 is 4.90 Å². The number of carbonyl (C=O) groups is 1. The number of hydrogen-bond acceptors (Lipinski definition) is 3. The van der Waals surface area contributed by atoms with Crippen molar-refractivity contribution in [2.75, 3.05) is 17.2 Å². The topological polar surface area (TPSA) is 33.5 Å². The maximum absolute atomic E-state index is 12.4. The number of thioether (sulfide) groups is 1. The Morgan fingerprint density at radius 3 is 2.89 bits per heavy atom. The van der Waals surface area contributed by atoms with E-state index in [0.717, 1.165) is 16.3 Å². The highest BCUT2D eigenvalue weighted by atomic mass is 79.9. The molecule has 0 atom stereocenters. The number of fused-ring (bicyclic) bond motifs is 1. The van der Waals surface area contributed by atoms with Crippen molar-refractivity contribution in [2.45, 2.75) is 4.90 Å². The fourth-order valence-electron chi connectivity index (χ4n) is 1.94. The Morgan fingerprint density at radius 2 is 2.11 bits per heavy atom. The van der Waals surface area contributed by atoms with Crippen LogP contribution in [-0.2, 0) is 0 Å². The van der Waals surface area contributed by atoms with Gasteiger partial charge in [-0.2, -0.15) is 0 Å². The zero-order chi connectivity index (χ0) is 12.5. The Kier molecular flexibility index (Phi) is 3.18. The second-order valence-electron chi connectivity index (χ2n) is 3.88. The Bertz CT molecular complexity index is 596. The molecule has 92 valence electrons. The number of para-hydroxylation sites is 1. The summed E-state index contributed by atoms with van der Waals surface area (Å²) in [6, 6.07) is 11.4. The highest BCUT2D eigenvalue weighted by Gasteiger charge is 2.25. The van der Waals surface area contributed by atoms with Crippen LogP contribution in [0.4, 0.5) is 5.69 Å². The number of halogens is 1. The third-order valence-corrected chi connectivity index (χ3v) is 4.23. The number of amides is 1. The SMILES string of the molecule is O=C(c1ccc(Br)o1)N1CCSc2ccccc21. The average Bonchev–Trinajstić information content (AvgIpc) is 2.84. The lowest BCUT2D eigenvalue weighted by molar-refractivity contribution is 0.0960. The van der Waals surface area contributed by atoms with Gasteiger partial charge in [0, 0.05) is 17.2 Å². The Morgan fingerprint density at radius 1 is 1.28 bits per heavy atom. The lowest BCUT2D eigenvalue weighted by Gasteiger charge is -2.28. The van der Waals surface area contributed by atoms with Gasteiger partial charge in [-0.25, -0.2) is 0 Å². The van der Waals surface area contributed by atoms with Crippen molar-refractivity contribution in [3.8, 4) is 0 Å². The van der Waals surface area contributed by atoms with Crippen LogP contribution in [-0.4, -0.2) is 18.2 Å². The molecule has 0 unspecified atom stereocenters. The number of furan rings is 1. The normalized spacial score (nSPS) is 14.4. The molecule has 1 aromatic heterocycles. The minimum Gasteiger partial charge on any atom is -0.444 e. The van der Waals surface area contributed by atoms with Gasteiger partial charge in [-0.15, -0.1) is 11.8 Å². The molecule has 2 aromatic rings. The van der Waals surface area contributed by atoms with Crippen molar-refractivity contribution in [2.24, 2.45) is 0 Å². The van der Waals surface area contributed by atoms with Crippen LogP contribution in [0.25, 0.3) is 0 Å². The summed E-state index contributed by atoms with van der Waals surface area (Å²) in [5.41, 5.74) is 0.964. The van der Waals surface area contributed by atoms with Crippen molar-refractivity contribution in [1.82, 2.24) is 0 Å². The van der Waals surface area contributed by atoms with Gasteiger partial charge in [-0.3, -0.25) is 4.79 Å². The van der Waals surface area contributed by atoms with Crippen LogP contribution in [0.15, 0.2) is 50.4 Å². The third kappa shape index (κ3) is 2.08. The van der Waals surface area contributed by atoms with Crippen LogP contribution in [0.1, 0.15) is 10.6 Å². The fraction of sp³-hybridized carbons (Fsp3) is 0.154. The average molecular weight is 324 g/mol. The van der Waals surface area contributed by atoms with Gasteiger partial charge >= 0.3 is 0 Å². The van der Waals surface area contributed by atoms with E-state index in [-0.39, 0.29) is 5.91 Å². The van der Waals surface area contributed by atoms with E-state index < -0.39 is 0 Å². The molecule has 0 saturated heterocycles. The second-order valence-corrected chi connectivity index (χ2v) is 5.80. The molecule has 3 nitrogen and oxygen atoms in total. The first-order valence-electron chi connectivity index (χ1n) is 5.55. The van der Waals surface area contributed by atoms with Gasteiger partial charge in [0.05, 0.1) is 5.69 Å². The first kappa shape index (κ1) is 11.9. The highest BCUT2D eigenvalue weighted by molar-refractivity contribution is 9.10. The predicted octanol–water partition coefficient (Wildman–Crippen LogP) is 3.79. The molecular weight excluding hydrogens is 314 g/mol. The first-order valence-corrected chi connectivity index (χ1v) is 7.32. The minimum absolute atomic E-state index is 0.0894. The number of benzene rings is 1. The Hall–Kier alpha value is -1.20. The molecule has 0 radical (unpaired) electrons. The molecule has 0 fully saturated rings. The lowest BCUT2D eigenvalue weighted by atomic mass is 10.2. The maximum atomic E-state index is 12.4. The quantitative estimate of drug-likeness (QED) is 0.800. The van der Waals surface area contributed by atoms with E-state index in [1.165, 1.54) is 0 Å². The van der Waals surface area contributed by atoms with Crippen LogP contribution in [0.3, 0.4) is 0 Å². The van der Waals surface area contributed by atoms with Crippen molar-refractivity contribution in [3.05, 3.63) is 46.8 Å². The summed E-state index contributed by atoms with van der Waals surface area (Å²) >= 11 is 4.99. The van der Waals surface area contributed by atoms with Gasteiger partial charge in [0.2, 0.25) is 0 Å². The maximum Gasteiger partial charge on any atom is 0.294 e. The van der Waals surface area contributed by atoms with E-state index in [9.17, 15) is 4.79 Å². The van der Waals surface area contributed by atoms with E-state index in [0.29, 0.717) is 17.0 Å². The lowest BCUT2D eigenvalue weighted by Crippen LogP contribution is -2.35. The molecule has 3 rings (SSSR count). The van der Waals surface area contributed by atoms with Crippen molar-refractivity contribution >= 4 is 39.3 Å². The monoisotopic (exact) mass is 323 g/mol. The molecular formula is C13H10BrNO2S. The number of carbonyl (C=O) groups excluding carboxylic acids is 1. The first-order chi connectivity index (χ1) is 8.75. The number of nitrogens with zero attached hydrogens (tertiary/aromatic N) is 1. The largest absolute Gasteiger partial charge is 0.444 e. The summed E-state index contributed by atoms with van der Waals surface area (Å²) in [7, 11) is 0. The molecule has 5 heteroatoms. The number of rotatable bonds is 1. The van der Waals surface area contributed by atoms with Gasteiger partial charge in [0.1, 0.15) is 0 Å². The van der Waals surface area contributed by atoms with Crippen molar-refractivity contribution < 1.29 is 9.21 Å². The summed E-state index contributed by atoms with van der Waals surface area (Å²) in [5.74, 6) is 1.18. The number of hydrogen-bond donors (Lipinski definition) is 0.